The van der Waals surface area contributed by atoms with Gasteiger partial charge in [-0.25, -0.2) is 0 Å². The van der Waals surface area contributed by atoms with Gasteiger partial charge in [0, 0.05) is 19.0 Å². The van der Waals surface area contributed by atoms with Gasteiger partial charge >= 0.3 is 0 Å². The van der Waals surface area contributed by atoms with Crippen LogP contribution in [0.5, 0.6) is 0 Å². The largest absolute Gasteiger partial charge is 0.388 e. The summed E-state index contributed by atoms with van der Waals surface area (Å²) in [6.07, 6.45) is -2.86. The van der Waals surface area contributed by atoms with Crippen LogP contribution in [0.25, 0.3) is 0 Å². The number of ketones is 1. The molecule has 0 aliphatic carbocycles. The number of carbonyl (C=O) groups excluding carboxylic acids is 2. The Morgan fingerprint density at radius 1 is 1.35 bits per heavy atom. The summed E-state index contributed by atoms with van der Waals surface area (Å²) in [5.74, 6) is -0.751. The fraction of sp³-hybridized carbons (Fsp3) is 0.357. The number of nitrogens with zero attached hydrogens (tertiary/aromatic N) is 1. The zero-order valence-corrected chi connectivity index (χ0v) is 11.0. The molecule has 1 rings (SSSR count). The Balaban J connectivity index is 2.92. The lowest BCUT2D eigenvalue weighted by atomic mass is 9.95. The number of rotatable bonds is 6. The topological polar surface area (TPSA) is 110 Å². The van der Waals surface area contributed by atoms with Crippen molar-refractivity contribution in [1.29, 1.82) is 5.26 Å². The molecule has 1 amide bonds. The smallest absolute Gasteiger partial charge is 0.216 e. The van der Waals surface area contributed by atoms with Gasteiger partial charge in [-0.05, 0) is 5.56 Å². The lowest BCUT2D eigenvalue weighted by Crippen LogP contribution is -2.34. The fourth-order valence-corrected chi connectivity index (χ4v) is 1.74. The summed E-state index contributed by atoms with van der Waals surface area (Å²) in [4.78, 5) is 22.5. The number of carbonyl (C=O) groups is 2. The third kappa shape index (κ3) is 4.16. The second-order valence-electron chi connectivity index (χ2n) is 4.29. The second kappa shape index (κ2) is 7.38. The average molecular weight is 276 g/mol. The van der Waals surface area contributed by atoms with E-state index in [4.69, 9.17) is 5.26 Å². The first-order valence-corrected chi connectivity index (χ1v) is 6.07. The SMILES string of the molecule is CC(=O)NCC(O)C(O)c1ccccc1C(=O)CC#N. The molecule has 0 aromatic heterocycles. The lowest BCUT2D eigenvalue weighted by Gasteiger charge is -2.20. The Hall–Kier alpha value is -2.23. The van der Waals surface area contributed by atoms with E-state index in [0.717, 1.165) is 0 Å². The predicted molar refractivity (Wildman–Crippen MR) is 70.7 cm³/mol. The highest BCUT2D eigenvalue weighted by molar-refractivity contribution is 5.98. The molecule has 0 radical (unpaired) electrons. The Bertz CT molecular complexity index is 536. The molecule has 0 heterocycles. The molecule has 6 nitrogen and oxygen atoms in total. The number of benzene rings is 1. The van der Waals surface area contributed by atoms with Gasteiger partial charge in [0.25, 0.3) is 0 Å². The molecule has 0 saturated carbocycles. The number of amides is 1. The van der Waals surface area contributed by atoms with Crippen LogP contribution in [-0.2, 0) is 4.79 Å². The van der Waals surface area contributed by atoms with Crippen LogP contribution in [0, 0.1) is 11.3 Å². The van der Waals surface area contributed by atoms with Gasteiger partial charge in [-0.3, -0.25) is 9.59 Å². The number of Topliss-reactive ketones (excluding diaryl/α,β-unsaturated/α-hetero) is 1. The maximum atomic E-state index is 11.8. The minimum absolute atomic E-state index is 0.128. The maximum absolute atomic E-state index is 11.8. The van der Waals surface area contributed by atoms with Gasteiger partial charge in [-0.1, -0.05) is 24.3 Å². The fourth-order valence-electron chi connectivity index (χ4n) is 1.74. The number of nitrogens with one attached hydrogen (secondary N) is 1. The zero-order valence-electron chi connectivity index (χ0n) is 11.0. The molecule has 0 aliphatic rings. The number of aliphatic hydroxyl groups excluding tert-OH is 2. The first-order valence-electron chi connectivity index (χ1n) is 6.07. The first-order chi connectivity index (χ1) is 9.47. The van der Waals surface area contributed by atoms with Gasteiger partial charge in [-0.15, -0.1) is 0 Å². The lowest BCUT2D eigenvalue weighted by molar-refractivity contribution is -0.119. The molecule has 106 valence electrons. The van der Waals surface area contributed by atoms with Crippen LogP contribution in [-0.4, -0.2) is 34.6 Å². The standard InChI is InChI=1S/C14H16N2O4/c1-9(17)16-8-13(19)14(20)11-5-3-2-4-10(11)12(18)6-7-15/h2-5,13-14,19-20H,6,8H2,1H3,(H,16,17). The van der Waals surface area contributed by atoms with Crippen LogP contribution in [0.3, 0.4) is 0 Å². The number of hydrogen-bond donors (Lipinski definition) is 3. The molecular formula is C14H16N2O4. The first kappa shape index (κ1) is 15.8. The maximum Gasteiger partial charge on any atom is 0.216 e. The Morgan fingerprint density at radius 3 is 2.60 bits per heavy atom. The van der Waals surface area contributed by atoms with Crippen molar-refractivity contribution < 1.29 is 19.8 Å². The summed E-state index contributed by atoms with van der Waals surface area (Å²) in [5.41, 5.74) is 0.439. The van der Waals surface area contributed by atoms with Crippen molar-refractivity contribution in [2.45, 2.75) is 25.6 Å². The minimum Gasteiger partial charge on any atom is -0.388 e. The molecule has 20 heavy (non-hydrogen) atoms. The van der Waals surface area contributed by atoms with E-state index in [0.29, 0.717) is 0 Å². The van der Waals surface area contributed by atoms with E-state index in [1.165, 1.54) is 19.1 Å². The quantitative estimate of drug-likeness (QED) is 0.648. The van der Waals surface area contributed by atoms with Crippen molar-refractivity contribution in [1.82, 2.24) is 5.32 Å². The van der Waals surface area contributed by atoms with E-state index in [9.17, 15) is 19.8 Å². The van der Waals surface area contributed by atoms with Crippen molar-refractivity contribution in [2.24, 2.45) is 0 Å². The van der Waals surface area contributed by atoms with Crippen molar-refractivity contribution in [3.05, 3.63) is 35.4 Å². The van der Waals surface area contributed by atoms with E-state index < -0.39 is 18.0 Å². The van der Waals surface area contributed by atoms with Crippen molar-refractivity contribution in [2.75, 3.05) is 6.54 Å². The number of aliphatic hydroxyl groups is 2. The van der Waals surface area contributed by atoms with Crippen LogP contribution in [0.2, 0.25) is 0 Å². The van der Waals surface area contributed by atoms with Crippen molar-refractivity contribution in [3.8, 4) is 6.07 Å². The molecule has 3 N–H and O–H groups in total. The minimum atomic E-state index is -1.32. The van der Waals surface area contributed by atoms with Crippen LogP contribution < -0.4 is 5.32 Å². The molecule has 2 unspecified atom stereocenters. The molecule has 0 fully saturated rings. The van der Waals surface area contributed by atoms with Gasteiger partial charge in [0.05, 0.1) is 12.5 Å². The summed E-state index contributed by atoms with van der Waals surface area (Å²) >= 11 is 0. The Labute approximate surface area is 116 Å². The predicted octanol–water partition coefficient (Wildman–Crippen LogP) is 0.313. The molecule has 1 aromatic carbocycles. The van der Waals surface area contributed by atoms with E-state index >= 15 is 0 Å². The second-order valence-corrected chi connectivity index (χ2v) is 4.29. The third-order valence-corrected chi connectivity index (χ3v) is 2.74. The van der Waals surface area contributed by atoms with E-state index in [1.807, 2.05) is 0 Å². The molecule has 2 atom stereocenters. The summed E-state index contributed by atoms with van der Waals surface area (Å²) in [6, 6.07) is 7.98. The highest BCUT2D eigenvalue weighted by Gasteiger charge is 2.23. The molecular weight excluding hydrogens is 260 g/mol. The van der Waals surface area contributed by atoms with Crippen LogP contribution in [0.1, 0.15) is 35.4 Å². The zero-order chi connectivity index (χ0) is 15.1. The van der Waals surface area contributed by atoms with Crippen molar-refractivity contribution in [3.63, 3.8) is 0 Å². The normalized spacial score (nSPS) is 13.1. The number of hydrogen-bond acceptors (Lipinski definition) is 5. The molecule has 0 bridgehead atoms. The summed E-state index contributed by atoms with van der Waals surface area (Å²) in [5, 5.41) is 30.8. The van der Waals surface area contributed by atoms with Gasteiger partial charge in [0.1, 0.15) is 12.2 Å². The third-order valence-electron chi connectivity index (χ3n) is 2.74. The monoisotopic (exact) mass is 276 g/mol. The van der Waals surface area contributed by atoms with E-state index in [2.05, 4.69) is 5.32 Å². The average Bonchev–Trinajstić information content (AvgIpc) is 2.44. The highest BCUT2D eigenvalue weighted by Crippen LogP contribution is 2.22. The van der Waals surface area contributed by atoms with Crippen molar-refractivity contribution >= 4 is 11.7 Å². The van der Waals surface area contributed by atoms with Gasteiger partial charge in [0.15, 0.2) is 5.78 Å². The van der Waals surface area contributed by atoms with Gasteiger partial charge < -0.3 is 15.5 Å². The molecule has 0 saturated heterocycles. The van der Waals surface area contributed by atoms with Crippen LogP contribution in [0.15, 0.2) is 24.3 Å². The van der Waals surface area contributed by atoms with Gasteiger partial charge in [-0.2, -0.15) is 5.26 Å². The van der Waals surface area contributed by atoms with Gasteiger partial charge in [0.2, 0.25) is 5.91 Å². The summed E-state index contributed by atoms with van der Waals surface area (Å²) < 4.78 is 0. The Morgan fingerprint density at radius 2 is 2.00 bits per heavy atom. The van der Waals surface area contributed by atoms with E-state index in [-0.39, 0.29) is 30.0 Å². The summed E-state index contributed by atoms with van der Waals surface area (Å²) in [6.45, 7) is 1.17. The molecule has 0 aliphatic heterocycles. The number of nitriles is 1. The summed E-state index contributed by atoms with van der Waals surface area (Å²) in [7, 11) is 0. The van der Waals surface area contributed by atoms with Crippen LogP contribution in [0.4, 0.5) is 0 Å². The highest BCUT2D eigenvalue weighted by atomic mass is 16.3. The Kier molecular flexibility index (Phi) is 5.84. The van der Waals surface area contributed by atoms with E-state index in [1.54, 1.807) is 18.2 Å². The molecule has 1 aromatic rings. The van der Waals surface area contributed by atoms with Crippen LogP contribution >= 0.6 is 0 Å². The molecule has 0 spiro atoms. The molecule has 6 heteroatoms.